The summed E-state index contributed by atoms with van der Waals surface area (Å²) in [6.45, 7) is 1.36. The van der Waals surface area contributed by atoms with Gasteiger partial charge in [-0.3, -0.25) is 14.8 Å². The fraction of sp³-hybridized carbons (Fsp3) is 0.389. The smallest absolute Gasteiger partial charge is 0.230 e. The van der Waals surface area contributed by atoms with Gasteiger partial charge in [-0.05, 0) is 24.0 Å². The molecule has 1 saturated carbocycles. The average molecular weight is 353 g/mol. The number of hydrogen-bond donors (Lipinski definition) is 2. The van der Waals surface area contributed by atoms with Crippen LogP contribution in [-0.2, 0) is 16.6 Å². The number of amides is 1. The fourth-order valence-corrected chi connectivity index (χ4v) is 3.92. The monoisotopic (exact) mass is 353 g/mol. The van der Waals surface area contributed by atoms with Crippen LogP contribution in [0.1, 0.15) is 0 Å². The number of rotatable bonds is 4. The zero-order valence-corrected chi connectivity index (χ0v) is 14.5. The highest BCUT2D eigenvalue weighted by Gasteiger charge is 2.58. The number of aromatic nitrogens is 4. The van der Waals surface area contributed by atoms with E-state index in [0.717, 1.165) is 22.2 Å². The molecule has 2 fully saturated rings. The maximum atomic E-state index is 12.5. The van der Waals surface area contributed by atoms with Gasteiger partial charge in [-0.15, -0.1) is 0 Å². The van der Waals surface area contributed by atoms with E-state index in [2.05, 4.69) is 20.4 Å². The maximum Gasteiger partial charge on any atom is 0.230 e. The zero-order chi connectivity index (χ0) is 17.8. The van der Waals surface area contributed by atoms with Gasteiger partial charge in [0.2, 0.25) is 11.9 Å². The van der Waals surface area contributed by atoms with E-state index in [-0.39, 0.29) is 11.8 Å². The van der Waals surface area contributed by atoms with Crippen molar-refractivity contribution in [2.45, 2.75) is 0 Å². The lowest BCUT2D eigenvalue weighted by Gasteiger charge is -2.04. The summed E-state index contributed by atoms with van der Waals surface area (Å²) in [5.41, 5.74) is 3.39. The average Bonchev–Trinajstić information content (AvgIpc) is 3.06. The first-order chi connectivity index (χ1) is 12.7. The van der Waals surface area contributed by atoms with Crippen molar-refractivity contribution in [2.75, 3.05) is 25.6 Å². The molecule has 0 spiro atoms. The van der Waals surface area contributed by atoms with E-state index >= 15 is 0 Å². The van der Waals surface area contributed by atoms with Crippen molar-refractivity contribution >= 4 is 22.9 Å². The second kappa shape index (κ2) is 5.57. The molecule has 2 N–H and O–H groups in total. The summed E-state index contributed by atoms with van der Waals surface area (Å²) in [6, 6.07) is 3.84. The predicted octanol–water partition coefficient (Wildman–Crippen LogP) is 1.80. The van der Waals surface area contributed by atoms with Gasteiger partial charge in [0.1, 0.15) is 16.8 Å². The Hall–Kier alpha value is -2.87. The Kier molecular flexibility index (Phi) is 3.30. The number of anilines is 1. The van der Waals surface area contributed by atoms with Gasteiger partial charge in [0.05, 0.1) is 26.5 Å². The highest BCUT2D eigenvalue weighted by molar-refractivity contribution is 5.99. The third-order valence-electron chi connectivity index (χ3n) is 5.34. The molecule has 26 heavy (non-hydrogen) atoms. The molecule has 0 bridgehead atoms. The fourth-order valence-electron chi connectivity index (χ4n) is 3.92. The molecule has 0 radical (unpaired) electrons. The predicted molar refractivity (Wildman–Crippen MR) is 94.8 cm³/mol. The minimum Gasteiger partial charge on any atom is -0.494 e. The number of H-pyrrole nitrogens is 1. The summed E-state index contributed by atoms with van der Waals surface area (Å²) in [5, 5.41) is 7.15. The number of aryl methyl sites for hydroxylation is 1. The molecule has 2 aromatic heterocycles. The van der Waals surface area contributed by atoms with Crippen LogP contribution in [0.15, 0.2) is 24.5 Å². The number of carbonyl (C=O) groups excluding carboxylic acids is 1. The number of ether oxygens (including phenoxy) is 2. The van der Waals surface area contributed by atoms with Crippen molar-refractivity contribution in [3.8, 4) is 16.9 Å². The Morgan fingerprint density at radius 1 is 1.38 bits per heavy atom. The highest BCUT2D eigenvalue weighted by atomic mass is 16.5. The molecule has 1 amide bonds. The standard InChI is InChI=1S/C18H19N5O3/c1-23-6-9(5-19-23)10-3-4-13(25-2)16-15(10)20-18(21-16)22-17(24)14-11-7-26-8-12(11)14/h3-6,11-12,14H,7-8H2,1-2H3,(H2,20,21,22,24). The van der Waals surface area contributed by atoms with Gasteiger partial charge in [-0.2, -0.15) is 5.10 Å². The van der Waals surface area contributed by atoms with Gasteiger partial charge >= 0.3 is 0 Å². The molecule has 2 aliphatic rings. The normalized spacial score (nSPS) is 23.8. The number of imidazole rings is 1. The molecule has 1 aliphatic heterocycles. The number of nitrogens with one attached hydrogen (secondary N) is 2. The molecule has 1 aliphatic carbocycles. The largest absolute Gasteiger partial charge is 0.494 e. The topological polar surface area (TPSA) is 94.1 Å². The molecule has 8 nitrogen and oxygen atoms in total. The van der Waals surface area contributed by atoms with Crippen molar-refractivity contribution in [3.05, 3.63) is 24.5 Å². The number of aromatic amines is 1. The van der Waals surface area contributed by atoms with Crippen LogP contribution in [0.25, 0.3) is 22.2 Å². The third-order valence-corrected chi connectivity index (χ3v) is 5.34. The summed E-state index contributed by atoms with van der Waals surface area (Å²) >= 11 is 0. The van der Waals surface area contributed by atoms with Crippen molar-refractivity contribution in [2.24, 2.45) is 24.8 Å². The van der Waals surface area contributed by atoms with Gasteiger partial charge in [0.15, 0.2) is 0 Å². The van der Waals surface area contributed by atoms with E-state index in [1.807, 2.05) is 25.4 Å². The van der Waals surface area contributed by atoms with Crippen LogP contribution in [-0.4, -0.2) is 46.0 Å². The Labute approximate surface area is 149 Å². The molecule has 134 valence electrons. The second-order valence-corrected chi connectivity index (χ2v) is 6.91. The molecular formula is C18H19N5O3. The van der Waals surface area contributed by atoms with Gasteiger partial charge in [0, 0.05) is 30.3 Å². The summed E-state index contributed by atoms with van der Waals surface area (Å²) in [6.07, 6.45) is 3.72. The number of hydrogen-bond acceptors (Lipinski definition) is 5. The van der Waals surface area contributed by atoms with Crippen molar-refractivity contribution < 1.29 is 14.3 Å². The number of nitrogens with zero attached hydrogens (tertiary/aromatic N) is 3. The Morgan fingerprint density at radius 2 is 2.19 bits per heavy atom. The van der Waals surface area contributed by atoms with Crippen LogP contribution in [0.4, 0.5) is 5.95 Å². The van der Waals surface area contributed by atoms with Crippen LogP contribution >= 0.6 is 0 Å². The Morgan fingerprint density at radius 3 is 2.88 bits per heavy atom. The third kappa shape index (κ3) is 2.29. The van der Waals surface area contributed by atoms with Gasteiger partial charge < -0.3 is 14.5 Å². The molecule has 2 atom stereocenters. The van der Waals surface area contributed by atoms with Gasteiger partial charge in [0.25, 0.3) is 0 Å². The van der Waals surface area contributed by atoms with Crippen LogP contribution in [0.2, 0.25) is 0 Å². The number of carbonyl (C=O) groups is 1. The first-order valence-corrected chi connectivity index (χ1v) is 8.60. The van der Waals surface area contributed by atoms with Crippen molar-refractivity contribution in [1.82, 2.24) is 19.7 Å². The molecular weight excluding hydrogens is 334 g/mol. The van der Waals surface area contributed by atoms with Crippen LogP contribution in [0.5, 0.6) is 5.75 Å². The van der Waals surface area contributed by atoms with Crippen LogP contribution < -0.4 is 10.1 Å². The second-order valence-electron chi connectivity index (χ2n) is 6.91. The van der Waals surface area contributed by atoms with E-state index in [4.69, 9.17) is 9.47 Å². The molecule has 1 aromatic carbocycles. The molecule has 5 rings (SSSR count). The SMILES string of the molecule is COc1ccc(-c2cnn(C)c2)c2nc(NC(=O)C3C4COCC43)[nH]c12. The minimum atomic E-state index is 0.00394. The summed E-state index contributed by atoms with van der Waals surface area (Å²) in [4.78, 5) is 20.3. The lowest BCUT2D eigenvalue weighted by atomic mass is 10.1. The minimum absolute atomic E-state index is 0.00394. The number of benzene rings is 1. The first kappa shape index (κ1) is 15.4. The lowest BCUT2D eigenvalue weighted by molar-refractivity contribution is -0.118. The molecule has 8 heteroatoms. The quantitative estimate of drug-likeness (QED) is 0.746. The van der Waals surface area contributed by atoms with E-state index in [1.54, 1.807) is 18.0 Å². The molecule has 1 saturated heterocycles. The zero-order valence-electron chi connectivity index (χ0n) is 14.5. The van der Waals surface area contributed by atoms with E-state index in [1.165, 1.54) is 0 Å². The molecule has 3 heterocycles. The molecule has 3 aromatic rings. The number of methoxy groups -OCH3 is 1. The summed E-state index contributed by atoms with van der Waals surface area (Å²) < 4.78 is 12.5. The van der Waals surface area contributed by atoms with E-state index in [0.29, 0.717) is 36.7 Å². The van der Waals surface area contributed by atoms with Crippen molar-refractivity contribution in [3.63, 3.8) is 0 Å². The van der Waals surface area contributed by atoms with Gasteiger partial charge in [-0.25, -0.2) is 4.98 Å². The Balaban J connectivity index is 1.50. The van der Waals surface area contributed by atoms with Crippen molar-refractivity contribution in [1.29, 1.82) is 0 Å². The summed E-state index contributed by atoms with van der Waals surface area (Å²) in [5.74, 6) is 1.88. The van der Waals surface area contributed by atoms with Gasteiger partial charge in [-0.1, -0.05) is 0 Å². The Bertz CT molecular complexity index is 998. The van der Waals surface area contributed by atoms with Crippen LogP contribution in [0, 0.1) is 17.8 Å². The van der Waals surface area contributed by atoms with E-state index in [9.17, 15) is 4.79 Å². The highest BCUT2D eigenvalue weighted by Crippen LogP contribution is 2.51. The molecule has 2 unspecified atom stereocenters. The van der Waals surface area contributed by atoms with Crippen LogP contribution in [0.3, 0.4) is 0 Å². The first-order valence-electron chi connectivity index (χ1n) is 8.60. The summed E-state index contributed by atoms with van der Waals surface area (Å²) in [7, 11) is 3.49. The van der Waals surface area contributed by atoms with E-state index < -0.39 is 0 Å². The number of fused-ring (bicyclic) bond motifs is 2. The lowest BCUT2D eigenvalue weighted by Crippen LogP contribution is -2.19. The maximum absolute atomic E-state index is 12.5.